The van der Waals surface area contributed by atoms with Crippen molar-refractivity contribution in [1.82, 2.24) is 25.1 Å². The lowest BCUT2D eigenvalue weighted by Crippen LogP contribution is -2.33. The Morgan fingerprint density at radius 3 is 3.24 bits per heavy atom. The number of aromatic nitrogens is 4. The van der Waals surface area contributed by atoms with Gasteiger partial charge in [0.2, 0.25) is 0 Å². The van der Waals surface area contributed by atoms with E-state index in [9.17, 15) is 0 Å². The van der Waals surface area contributed by atoms with Gasteiger partial charge >= 0.3 is 0 Å². The van der Waals surface area contributed by atoms with Gasteiger partial charge in [-0.2, -0.15) is 5.10 Å². The van der Waals surface area contributed by atoms with E-state index in [1.165, 1.54) is 30.0 Å². The van der Waals surface area contributed by atoms with Gasteiger partial charge in [0.1, 0.15) is 0 Å². The number of rotatable bonds is 3. The number of aromatic amines is 1. The van der Waals surface area contributed by atoms with Crippen molar-refractivity contribution in [2.45, 2.75) is 25.3 Å². The number of hydrogen-bond acceptors (Lipinski definition) is 5. The molecular weight excluding hydrogens is 282 g/mol. The highest BCUT2D eigenvalue weighted by Gasteiger charge is 2.23. The van der Waals surface area contributed by atoms with Crippen LogP contribution in [0.2, 0.25) is 0 Å². The van der Waals surface area contributed by atoms with Gasteiger partial charge in [-0.3, -0.25) is 15.0 Å². The normalized spacial score (nSPS) is 20.1. The lowest BCUT2D eigenvalue weighted by molar-refractivity contribution is 0.200. The Balaban J connectivity index is 1.51. The minimum atomic E-state index is 0.513. The highest BCUT2D eigenvalue weighted by Crippen LogP contribution is 2.27. The summed E-state index contributed by atoms with van der Waals surface area (Å²) >= 11 is 1.73. The lowest BCUT2D eigenvalue weighted by Gasteiger charge is -2.32. The molecule has 1 aliphatic heterocycles. The van der Waals surface area contributed by atoms with Gasteiger partial charge in [0, 0.05) is 41.2 Å². The van der Waals surface area contributed by atoms with Gasteiger partial charge in [-0.25, -0.2) is 4.98 Å². The third-order valence-electron chi connectivity index (χ3n) is 4.11. The number of hydrogen-bond donors (Lipinski definition) is 1. The predicted molar refractivity (Wildman–Crippen MR) is 83.3 cm³/mol. The molecule has 0 bridgehead atoms. The van der Waals surface area contributed by atoms with E-state index in [0.29, 0.717) is 5.92 Å². The third kappa shape index (κ3) is 2.69. The van der Waals surface area contributed by atoms with Crippen molar-refractivity contribution in [2.24, 2.45) is 0 Å². The Morgan fingerprint density at radius 1 is 1.33 bits per heavy atom. The van der Waals surface area contributed by atoms with E-state index in [1.807, 2.05) is 17.9 Å². The van der Waals surface area contributed by atoms with Crippen molar-refractivity contribution in [3.05, 3.63) is 40.6 Å². The Hall–Kier alpha value is -1.79. The van der Waals surface area contributed by atoms with Crippen molar-refractivity contribution >= 4 is 22.4 Å². The molecule has 0 aliphatic carbocycles. The second kappa shape index (κ2) is 5.54. The molecule has 4 heterocycles. The molecule has 1 aliphatic rings. The zero-order chi connectivity index (χ0) is 14.1. The van der Waals surface area contributed by atoms with E-state index in [4.69, 9.17) is 4.98 Å². The SMILES string of the molecule is c1ncc(CN2CCCC(c3ccc4cn[nH]c4n3)C2)s1. The zero-order valence-corrected chi connectivity index (χ0v) is 12.5. The minimum Gasteiger partial charge on any atom is -0.298 e. The Bertz CT molecular complexity index is 721. The number of pyridine rings is 1. The van der Waals surface area contributed by atoms with Crippen molar-refractivity contribution in [3.8, 4) is 0 Å². The summed E-state index contributed by atoms with van der Waals surface area (Å²) in [5.74, 6) is 0.513. The van der Waals surface area contributed by atoms with E-state index in [2.05, 4.69) is 32.2 Å². The summed E-state index contributed by atoms with van der Waals surface area (Å²) in [6, 6.07) is 4.27. The van der Waals surface area contributed by atoms with Crippen LogP contribution in [0.15, 0.2) is 30.0 Å². The van der Waals surface area contributed by atoms with Gasteiger partial charge in [0.25, 0.3) is 0 Å². The zero-order valence-electron chi connectivity index (χ0n) is 11.7. The molecule has 108 valence electrons. The molecule has 0 amide bonds. The second-order valence-electron chi connectivity index (χ2n) is 5.59. The average molecular weight is 299 g/mol. The quantitative estimate of drug-likeness (QED) is 0.808. The van der Waals surface area contributed by atoms with Crippen LogP contribution < -0.4 is 0 Å². The fraction of sp³-hybridized carbons (Fsp3) is 0.400. The molecule has 3 aromatic heterocycles. The molecule has 0 aromatic carbocycles. The maximum atomic E-state index is 4.74. The fourth-order valence-electron chi connectivity index (χ4n) is 3.05. The first kappa shape index (κ1) is 12.9. The second-order valence-corrected chi connectivity index (χ2v) is 6.56. The standard InChI is InChI=1S/C15H17N5S/c1-2-12(8-20(5-1)9-13-7-16-10-21-13)14-4-3-11-6-17-19-15(11)18-14/h3-4,6-7,10,12H,1-2,5,8-9H2,(H,17,18,19). The van der Waals surface area contributed by atoms with Gasteiger partial charge in [-0.05, 0) is 31.5 Å². The molecule has 1 unspecified atom stereocenters. The minimum absolute atomic E-state index is 0.513. The number of nitrogens with zero attached hydrogens (tertiary/aromatic N) is 4. The largest absolute Gasteiger partial charge is 0.298 e. The van der Waals surface area contributed by atoms with Crippen molar-refractivity contribution in [3.63, 3.8) is 0 Å². The highest BCUT2D eigenvalue weighted by molar-refractivity contribution is 7.09. The lowest BCUT2D eigenvalue weighted by atomic mass is 9.94. The van der Waals surface area contributed by atoms with Gasteiger partial charge in [-0.1, -0.05) is 0 Å². The van der Waals surface area contributed by atoms with Gasteiger partial charge < -0.3 is 0 Å². The van der Waals surface area contributed by atoms with E-state index in [1.54, 1.807) is 11.3 Å². The van der Waals surface area contributed by atoms with Crippen LogP contribution in [-0.2, 0) is 6.54 Å². The molecule has 6 heteroatoms. The van der Waals surface area contributed by atoms with Crippen LogP contribution in [0.4, 0.5) is 0 Å². The summed E-state index contributed by atoms with van der Waals surface area (Å²) in [6.07, 6.45) is 6.24. The van der Waals surface area contributed by atoms with Crippen molar-refractivity contribution < 1.29 is 0 Å². The van der Waals surface area contributed by atoms with Crippen molar-refractivity contribution in [1.29, 1.82) is 0 Å². The van der Waals surface area contributed by atoms with Crippen LogP contribution in [0.3, 0.4) is 0 Å². The molecule has 0 saturated carbocycles. The van der Waals surface area contributed by atoms with Crippen LogP contribution in [0.25, 0.3) is 11.0 Å². The summed E-state index contributed by atoms with van der Waals surface area (Å²) in [6.45, 7) is 3.25. The molecule has 1 saturated heterocycles. The van der Waals surface area contributed by atoms with Crippen LogP contribution in [0.1, 0.15) is 29.3 Å². The van der Waals surface area contributed by atoms with Crippen molar-refractivity contribution in [2.75, 3.05) is 13.1 Å². The number of piperidine rings is 1. The predicted octanol–water partition coefficient (Wildman–Crippen LogP) is 2.79. The average Bonchev–Trinajstić information content (AvgIpc) is 3.17. The fourth-order valence-corrected chi connectivity index (χ4v) is 3.69. The number of likely N-dealkylation sites (tertiary alicyclic amines) is 1. The number of H-pyrrole nitrogens is 1. The van der Waals surface area contributed by atoms with E-state index in [-0.39, 0.29) is 0 Å². The molecule has 5 nitrogen and oxygen atoms in total. The van der Waals surface area contributed by atoms with Gasteiger partial charge in [0.05, 0.1) is 11.7 Å². The van der Waals surface area contributed by atoms with Gasteiger partial charge in [0.15, 0.2) is 5.65 Å². The highest BCUT2D eigenvalue weighted by atomic mass is 32.1. The molecule has 21 heavy (non-hydrogen) atoms. The molecule has 0 radical (unpaired) electrons. The van der Waals surface area contributed by atoms with Crippen LogP contribution in [0, 0.1) is 0 Å². The maximum absolute atomic E-state index is 4.74. The maximum Gasteiger partial charge on any atom is 0.155 e. The van der Waals surface area contributed by atoms with Crippen LogP contribution in [0.5, 0.6) is 0 Å². The summed E-state index contributed by atoms with van der Waals surface area (Å²) in [5.41, 5.74) is 3.98. The molecule has 3 aromatic rings. The van der Waals surface area contributed by atoms with E-state index in [0.717, 1.165) is 24.1 Å². The number of fused-ring (bicyclic) bond motifs is 1. The molecule has 0 spiro atoms. The van der Waals surface area contributed by atoms with Crippen LogP contribution >= 0.6 is 11.3 Å². The molecule has 1 fully saturated rings. The Labute approximate surface area is 127 Å². The smallest absolute Gasteiger partial charge is 0.155 e. The first-order chi connectivity index (χ1) is 10.4. The third-order valence-corrected chi connectivity index (χ3v) is 4.87. The van der Waals surface area contributed by atoms with E-state index >= 15 is 0 Å². The number of thiazole rings is 1. The summed E-state index contributed by atoms with van der Waals surface area (Å²) in [4.78, 5) is 12.8. The van der Waals surface area contributed by atoms with Crippen LogP contribution in [-0.4, -0.2) is 38.2 Å². The summed E-state index contributed by atoms with van der Waals surface area (Å²) in [7, 11) is 0. The van der Waals surface area contributed by atoms with Gasteiger partial charge in [-0.15, -0.1) is 11.3 Å². The van der Waals surface area contributed by atoms with E-state index < -0.39 is 0 Å². The molecule has 1 atom stereocenters. The molecular formula is C15H17N5S. The molecule has 4 rings (SSSR count). The summed E-state index contributed by atoms with van der Waals surface area (Å²) in [5, 5.41) is 8.09. The molecule has 1 N–H and O–H groups in total. The first-order valence-electron chi connectivity index (χ1n) is 7.28. The topological polar surface area (TPSA) is 57.7 Å². The Kier molecular flexibility index (Phi) is 3.40. The first-order valence-corrected chi connectivity index (χ1v) is 8.16. The summed E-state index contributed by atoms with van der Waals surface area (Å²) < 4.78 is 0. The number of nitrogens with one attached hydrogen (secondary N) is 1. The monoisotopic (exact) mass is 299 g/mol. The Morgan fingerprint density at radius 2 is 2.33 bits per heavy atom.